The van der Waals surface area contributed by atoms with Crippen molar-refractivity contribution in [2.75, 3.05) is 31.3 Å². The maximum atomic E-state index is 10.9. The Morgan fingerprint density at radius 3 is 2.94 bits per heavy atom. The van der Waals surface area contributed by atoms with Crippen LogP contribution in [0, 0.1) is 0 Å². The lowest BCUT2D eigenvalue weighted by molar-refractivity contribution is -0.140. The van der Waals surface area contributed by atoms with Gasteiger partial charge in [0.25, 0.3) is 0 Å². The van der Waals surface area contributed by atoms with Crippen LogP contribution in [0.4, 0.5) is 11.5 Å². The molecule has 1 aromatic heterocycles. The maximum absolute atomic E-state index is 10.9. The molecule has 1 rings (SSSR count). The van der Waals surface area contributed by atoms with Crippen molar-refractivity contribution in [3.63, 3.8) is 0 Å². The number of carbonyl (C=O) groups excluding carboxylic acids is 1. The summed E-state index contributed by atoms with van der Waals surface area (Å²) in [6.45, 7) is 2.70. The lowest BCUT2D eigenvalue weighted by atomic mass is 10.4. The number of nitrogens with zero attached hydrogens (tertiary/aromatic N) is 2. The minimum Gasteiger partial charge on any atom is -0.476 e. The van der Waals surface area contributed by atoms with E-state index in [0.29, 0.717) is 30.5 Å². The third kappa shape index (κ3) is 3.78. The molecule has 0 spiro atoms. The van der Waals surface area contributed by atoms with Crippen LogP contribution in [0.1, 0.15) is 13.3 Å². The SMILES string of the molecule is CCOc1ncnc(NCCC(=O)OC)c1N. The van der Waals surface area contributed by atoms with Crippen molar-refractivity contribution in [2.45, 2.75) is 13.3 Å². The molecule has 0 aliphatic rings. The number of rotatable bonds is 6. The first kappa shape index (κ1) is 13.0. The summed E-state index contributed by atoms with van der Waals surface area (Å²) < 4.78 is 9.73. The molecule has 0 saturated heterocycles. The molecule has 0 aliphatic carbocycles. The zero-order chi connectivity index (χ0) is 12.7. The summed E-state index contributed by atoms with van der Waals surface area (Å²) in [6.07, 6.45) is 1.59. The van der Waals surface area contributed by atoms with Crippen LogP contribution in [0.25, 0.3) is 0 Å². The van der Waals surface area contributed by atoms with Gasteiger partial charge in [-0.3, -0.25) is 4.79 Å². The van der Waals surface area contributed by atoms with Gasteiger partial charge in [-0.05, 0) is 6.92 Å². The second-order valence-corrected chi connectivity index (χ2v) is 3.13. The number of nitrogen functional groups attached to an aromatic ring is 1. The number of hydrogen-bond acceptors (Lipinski definition) is 7. The zero-order valence-electron chi connectivity index (χ0n) is 9.90. The third-order valence-corrected chi connectivity index (χ3v) is 1.98. The Kier molecular flexibility index (Phi) is 4.99. The fourth-order valence-electron chi connectivity index (χ4n) is 1.16. The van der Waals surface area contributed by atoms with Gasteiger partial charge in [-0.25, -0.2) is 4.98 Å². The average molecular weight is 240 g/mol. The number of hydrogen-bond donors (Lipinski definition) is 2. The molecule has 0 radical (unpaired) electrons. The molecule has 0 atom stereocenters. The molecule has 7 nitrogen and oxygen atoms in total. The number of esters is 1. The van der Waals surface area contributed by atoms with Crippen LogP contribution >= 0.6 is 0 Å². The molecule has 0 saturated carbocycles. The van der Waals surface area contributed by atoms with Gasteiger partial charge < -0.3 is 20.5 Å². The summed E-state index contributed by atoms with van der Waals surface area (Å²) in [7, 11) is 1.34. The predicted molar refractivity (Wildman–Crippen MR) is 62.7 cm³/mol. The van der Waals surface area contributed by atoms with Crippen LogP contribution in [0.3, 0.4) is 0 Å². The average Bonchev–Trinajstić information content (AvgIpc) is 2.33. The Labute approximate surface area is 99.3 Å². The maximum Gasteiger partial charge on any atom is 0.307 e. The van der Waals surface area contributed by atoms with Crippen LogP contribution < -0.4 is 15.8 Å². The summed E-state index contributed by atoms with van der Waals surface area (Å²) in [5.41, 5.74) is 6.12. The highest BCUT2D eigenvalue weighted by atomic mass is 16.5. The molecule has 0 bridgehead atoms. The van der Waals surface area contributed by atoms with E-state index in [-0.39, 0.29) is 12.4 Å². The largest absolute Gasteiger partial charge is 0.476 e. The predicted octanol–water partition coefficient (Wildman–Crippen LogP) is 0.432. The first-order valence-corrected chi connectivity index (χ1v) is 5.23. The van der Waals surface area contributed by atoms with E-state index < -0.39 is 0 Å². The van der Waals surface area contributed by atoms with Crippen LogP contribution in [-0.4, -0.2) is 36.2 Å². The molecule has 0 unspecified atom stereocenters. The molecule has 94 valence electrons. The highest BCUT2D eigenvalue weighted by molar-refractivity contribution is 5.71. The van der Waals surface area contributed by atoms with E-state index >= 15 is 0 Å². The standard InChI is InChI=1S/C10H16N4O3/c1-3-17-10-8(11)9(13-6-14-10)12-5-4-7(15)16-2/h6H,3-5,11H2,1-2H3,(H,12,13,14). The molecule has 3 N–H and O–H groups in total. The minimum atomic E-state index is -0.296. The van der Waals surface area contributed by atoms with Crippen molar-refractivity contribution >= 4 is 17.5 Å². The Morgan fingerprint density at radius 2 is 2.29 bits per heavy atom. The molecule has 0 aliphatic heterocycles. The van der Waals surface area contributed by atoms with Gasteiger partial charge in [0.2, 0.25) is 5.88 Å². The summed E-state index contributed by atoms with van der Waals surface area (Å²) in [6, 6.07) is 0. The van der Waals surface area contributed by atoms with Gasteiger partial charge >= 0.3 is 5.97 Å². The Bertz CT molecular complexity index is 384. The summed E-state index contributed by atoms with van der Waals surface area (Å²) in [4.78, 5) is 18.8. The number of carbonyl (C=O) groups is 1. The Morgan fingerprint density at radius 1 is 1.53 bits per heavy atom. The first-order chi connectivity index (χ1) is 8.19. The van der Waals surface area contributed by atoms with E-state index in [1.165, 1.54) is 13.4 Å². The Hall–Kier alpha value is -2.05. The zero-order valence-corrected chi connectivity index (χ0v) is 9.90. The van der Waals surface area contributed by atoms with E-state index in [1.54, 1.807) is 0 Å². The molecule has 1 aromatic rings. The Balaban J connectivity index is 2.59. The smallest absolute Gasteiger partial charge is 0.307 e. The normalized spacial score (nSPS) is 9.76. The van der Waals surface area contributed by atoms with Crippen molar-refractivity contribution < 1.29 is 14.3 Å². The number of nitrogens with two attached hydrogens (primary N) is 1. The monoisotopic (exact) mass is 240 g/mol. The van der Waals surface area contributed by atoms with Gasteiger partial charge in [0, 0.05) is 6.54 Å². The molecular formula is C10H16N4O3. The van der Waals surface area contributed by atoms with Crippen LogP contribution in [0.15, 0.2) is 6.33 Å². The molecule has 0 amide bonds. The highest BCUT2D eigenvalue weighted by Gasteiger charge is 2.08. The van der Waals surface area contributed by atoms with Gasteiger partial charge in [0.1, 0.15) is 12.0 Å². The second-order valence-electron chi connectivity index (χ2n) is 3.13. The third-order valence-electron chi connectivity index (χ3n) is 1.98. The van der Waals surface area contributed by atoms with Gasteiger partial charge in [-0.1, -0.05) is 0 Å². The summed E-state index contributed by atoms with van der Waals surface area (Å²) in [5, 5.41) is 2.92. The lowest BCUT2D eigenvalue weighted by Crippen LogP contribution is -2.12. The number of methoxy groups -OCH3 is 1. The van der Waals surface area contributed by atoms with Gasteiger partial charge in [-0.15, -0.1) is 0 Å². The first-order valence-electron chi connectivity index (χ1n) is 5.23. The van der Waals surface area contributed by atoms with Crippen molar-refractivity contribution in [1.29, 1.82) is 0 Å². The molecule has 0 aromatic carbocycles. The number of ether oxygens (including phenoxy) is 2. The van der Waals surface area contributed by atoms with Crippen LogP contribution in [0.2, 0.25) is 0 Å². The summed E-state index contributed by atoms with van der Waals surface area (Å²) in [5.74, 6) is 0.491. The number of nitrogens with one attached hydrogen (secondary N) is 1. The topological polar surface area (TPSA) is 99.4 Å². The van der Waals surface area contributed by atoms with E-state index in [2.05, 4.69) is 20.0 Å². The molecular weight excluding hydrogens is 224 g/mol. The second kappa shape index (κ2) is 6.51. The van der Waals surface area contributed by atoms with Gasteiger partial charge in [0.15, 0.2) is 5.82 Å². The molecule has 1 heterocycles. The number of aromatic nitrogens is 2. The quantitative estimate of drug-likeness (QED) is 0.695. The van der Waals surface area contributed by atoms with Crippen molar-refractivity contribution in [1.82, 2.24) is 9.97 Å². The van der Waals surface area contributed by atoms with Gasteiger partial charge in [-0.2, -0.15) is 4.98 Å². The molecule has 0 fully saturated rings. The molecule has 7 heteroatoms. The van der Waals surface area contributed by atoms with Crippen molar-refractivity contribution in [3.05, 3.63) is 6.33 Å². The fourth-order valence-corrected chi connectivity index (χ4v) is 1.16. The van der Waals surface area contributed by atoms with Crippen molar-refractivity contribution in [2.24, 2.45) is 0 Å². The lowest BCUT2D eigenvalue weighted by Gasteiger charge is -2.10. The van der Waals surface area contributed by atoms with E-state index in [1.807, 2.05) is 6.92 Å². The highest BCUT2D eigenvalue weighted by Crippen LogP contribution is 2.24. The number of anilines is 2. The molecule has 17 heavy (non-hydrogen) atoms. The van der Waals surface area contributed by atoms with E-state index in [9.17, 15) is 4.79 Å². The fraction of sp³-hybridized carbons (Fsp3) is 0.500. The van der Waals surface area contributed by atoms with Crippen LogP contribution in [0.5, 0.6) is 5.88 Å². The van der Waals surface area contributed by atoms with Crippen LogP contribution in [-0.2, 0) is 9.53 Å². The van der Waals surface area contributed by atoms with E-state index in [4.69, 9.17) is 10.5 Å². The minimum absolute atomic E-state index is 0.240. The van der Waals surface area contributed by atoms with Crippen molar-refractivity contribution in [3.8, 4) is 5.88 Å². The summed E-state index contributed by atoms with van der Waals surface area (Å²) >= 11 is 0. The van der Waals surface area contributed by atoms with E-state index in [0.717, 1.165) is 0 Å². The van der Waals surface area contributed by atoms with Gasteiger partial charge in [0.05, 0.1) is 20.1 Å².